The van der Waals surface area contributed by atoms with Crippen molar-refractivity contribution in [3.05, 3.63) is 35.0 Å². The van der Waals surface area contributed by atoms with Gasteiger partial charge in [-0.25, -0.2) is 4.98 Å². The largest absolute Gasteiger partial charge is 0.477 e. The van der Waals surface area contributed by atoms with Crippen LogP contribution in [0.3, 0.4) is 0 Å². The fourth-order valence-corrected chi connectivity index (χ4v) is 3.96. The molecule has 0 aliphatic carbocycles. The molecule has 8 nitrogen and oxygen atoms in total. The van der Waals surface area contributed by atoms with Gasteiger partial charge in [0.15, 0.2) is 5.82 Å². The first-order chi connectivity index (χ1) is 14.2. The number of rotatable bonds is 5. The molecule has 1 fully saturated rings. The lowest BCUT2D eigenvalue weighted by Crippen LogP contribution is -2.28. The third-order valence-corrected chi connectivity index (χ3v) is 5.44. The third-order valence-electron chi connectivity index (χ3n) is 5.44. The first kappa shape index (κ1) is 19.6. The minimum Gasteiger partial charge on any atom is -0.477 e. The lowest BCUT2D eigenvalue weighted by molar-refractivity contribution is 0.102. The Labute approximate surface area is 170 Å². The van der Waals surface area contributed by atoms with E-state index in [1.807, 2.05) is 13.0 Å². The highest BCUT2D eigenvalue weighted by atomic mass is 16.5. The van der Waals surface area contributed by atoms with Crippen LogP contribution in [0.2, 0.25) is 0 Å². The first-order valence-corrected chi connectivity index (χ1v) is 10.3. The summed E-state index contributed by atoms with van der Waals surface area (Å²) in [6.07, 6.45) is 3.68. The summed E-state index contributed by atoms with van der Waals surface area (Å²) >= 11 is 0. The molecule has 154 valence electrons. The normalized spacial score (nSPS) is 18.8. The minimum absolute atomic E-state index is 0.197. The van der Waals surface area contributed by atoms with Gasteiger partial charge in [-0.15, -0.1) is 10.2 Å². The van der Waals surface area contributed by atoms with Crippen LogP contribution >= 0.6 is 0 Å². The highest BCUT2D eigenvalue weighted by Crippen LogP contribution is 2.29. The standard InChI is InChI=1S/C21H27N5O3/c1-3-29-20-7-6-18(24-25-20)23-21(27)16-13-19(26-10-4-5-14(26)2)22-17-9-12-28-11-8-15(16)17/h6-7,13-14H,3-5,8-12H2,1-2H3,(H,23,24,27)/t14-/m1/s1. The van der Waals surface area contributed by atoms with E-state index in [0.29, 0.717) is 56.0 Å². The van der Waals surface area contributed by atoms with Crippen molar-refractivity contribution in [1.82, 2.24) is 15.2 Å². The van der Waals surface area contributed by atoms with Gasteiger partial charge in [-0.2, -0.15) is 0 Å². The maximum Gasteiger partial charge on any atom is 0.257 e. The molecule has 2 aliphatic heterocycles. The number of pyridine rings is 1. The Bertz CT molecular complexity index is 871. The van der Waals surface area contributed by atoms with Crippen LogP contribution in [0.15, 0.2) is 18.2 Å². The van der Waals surface area contributed by atoms with Crippen LogP contribution in [-0.4, -0.2) is 53.5 Å². The van der Waals surface area contributed by atoms with Gasteiger partial charge in [-0.3, -0.25) is 4.79 Å². The van der Waals surface area contributed by atoms with Crippen molar-refractivity contribution in [3.8, 4) is 5.88 Å². The molecule has 2 aromatic rings. The summed E-state index contributed by atoms with van der Waals surface area (Å²) in [4.78, 5) is 20.4. The molecule has 0 bridgehead atoms. The second-order valence-corrected chi connectivity index (χ2v) is 7.39. The predicted octanol–water partition coefficient (Wildman–Crippen LogP) is 2.63. The molecule has 0 aromatic carbocycles. The van der Waals surface area contributed by atoms with Gasteiger partial charge in [0.05, 0.1) is 19.8 Å². The fourth-order valence-electron chi connectivity index (χ4n) is 3.96. The van der Waals surface area contributed by atoms with E-state index in [-0.39, 0.29) is 5.91 Å². The number of carbonyl (C=O) groups excluding carboxylic acids is 1. The molecule has 29 heavy (non-hydrogen) atoms. The summed E-state index contributed by atoms with van der Waals surface area (Å²) in [5.74, 6) is 1.51. The molecule has 1 N–H and O–H groups in total. The molecule has 0 spiro atoms. The lowest BCUT2D eigenvalue weighted by atomic mass is 10.0. The van der Waals surface area contributed by atoms with Crippen molar-refractivity contribution < 1.29 is 14.3 Å². The Hall–Kier alpha value is -2.74. The summed E-state index contributed by atoms with van der Waals surface area (Å²) in [5.41, 5.74) is 2.57. The Morgan fingerprint density at radius 2 is 2.17 bits per heavy atom. The van der Waals surface area contributed by atoms with Crippen molar-refractivity contribution in [2.24, 2.45) is 0 Å². The number of nitrogens with one attached hydrogen (secondary N) is 1. The summed E-state index contributed by atoms with van der Waals surface area (Å²) in [7, 11) is 0. The summed E-state index contributed by atoms with van der Waals surface area (Å²) in [5, 5.41) is 10.9. The summed E-state index contributed by atoms with van der Waals surface area (Å²) in [6.45, 7) is 6.80. The number of hydrogen-bond donors (Lipinski definition) is 1. The van der Waals surface area contributed by atoms with E-state index in [1.54, 1.807) is 12.1 Å². The van der Waals surface area contributed by atoms with Gasteiger partial charge in [0, 0.05) is 36.3 Å². The quantitative estimate of drug-likeness (QED) is 0.829. The predicted molar refractivity (Wildman–Crippen MR) is 110 cm³/mol. The molecule has 4 rings (SSSR count). The van der Waals surface area contributed by atoms with Gasteiger partial charge in [-0.05, 0) is 50.8 Å². The third kappa shape index (κ3) is 4.32. The van der Waals surface area contributed by atoms with Crippen molar-refractivity contribution >= 4 is 17.5 Å². The van der Waals surface area contributed by atoms with Crippen LogP contribution in [0.4, 0.5) is 11.6 Å². The lowest BCUT2D eigenvalue weighted by Gasteiger charge is -2.25. The van der Waals surface area contributed by atoms with Crippen LogP contribution in [-0.2, 0) is 17.6 Å². The summed E-state index contributed by atoms with van der Waals surface area (Å²) < 4.78 is 10.9. The highest BCUT2D eigenvalue weighted by molar-refractivity contribution is 6.05. The topological polar surface area (TPSA) is 89.5 Å². The SMILES string of the molecule is CCOc1ccc(NC(=O)c2cc(N3CCC[C@H]3C)nc3c2CCOCC3)nn1. The molecule has 0 saturated carbocycles. The van der Waals surface area contributed by atoms with Crippen LogP contribution in [0.1, 0.15) is 48.3 Å². The van der Waals surface area contributed by atoms with E-state index in [0.717, 1.165) is 36.5 Å². The number of aromatic nitrogens is 3. The van der Waals surface area contributed by atoms with Gasteiger partial charge >= 0.3 is 0 Å². The molecule has 2 aliphatic rings. The number of nitrogens with zero attached hydrogens (tertiary/aromatic N) is 4. The number of amides is 1. The minimum atomic E-state index is -0.197. The van der Waals surface area contributed by atoms with E-state index >= 15 is 0 Å². The van der Waals surface area contributed by atoms with Crippen LogP contribution in [0, 0.1) is 0 Å². The second-order valence-electron chi connectivity index (χ2n) is 7.39. The van der Waals surface area contributed by atoms with Crippen LogP contribution in [0.25, 0.3) is 0 Å². The van der Waals surface area contributed by atoms with Gasteiger partial charge in [0.25, 0.3) is 5.91 Å². The summed E-state index contributed by atoms with van der Waals surface area (Å²) in [6, 6.07) is 5.74. The molecule has 1 saturated heterocycles. The molecular formula is C21H27N5O3. The number of hydrogen-bond acceptors (Lipinski definition) is 7. The van der Waals surface area contributed by atoms with E-state index in [9.17, 15) is 4.79 Å². The van der Waals surface area contributed by atoms with Gasteiger partial charge < -0.3 is 19.7 Å². The molecule has 0 radical (unpaired) electrons. The Balaban J connectivity index is 1.64. The molecule has 4 heterocycles. The number of ether oxygens (including phenoxy) is 2. The Kier molecular flexibility index (Phi) is 5.89. The maximum atomic E-state index is 13.2. The van der Waals surface area contributed by atoms with E-state index in [2.05, 4.69) is 27.3 Å². The highest BCUT2D eigenvalue weighted by Gasteiger charge is 2.26. The monoisotopic (exact) mass is 397 g/mol. The number of carbonyl (C=O) groups is 1. The zero-order valence-electron chi connectivity index (χ0n) is 17.0. The zero-order chi connectivity index (χ0) is 20.2. The van der Waals surface area contributed by atoms with Crippen LogP contribution < -0.4 is 15.0 Å². The van der Waals surface area contributed by atoms with Crippen molar-refractivity contribution in [2.75, 3.05) is 36.6 Å². The average molecular weight is 397 g/mol. The molecular weight excluding hydrogens is 370 g/mol. The number of anilines is 2. The average Bonchev–Trinajstić information content (AvgIpc) is 3.01. The zero-order valence-corrected chi connectivity index (χ0v) is 17.0. The Morgan fingerprint density at radius 1 is 1.31 bits per heavy atom. The van der Waals surface area contributed by atoms with E-state index in [4.69, 9.17) is 14.5 Å². The van der Waals surface area contributed by atoms with E-state index in [1.165, 1.54) is 0 Å². The Morgan fingerprint density at radius 3 is 2.90 bits per heavy atom. The van der Waals surface area contributed by atoms with Crippen LogP contribution in [0.5, 0.6) is 5.88 Å². The fraction of sp³-hybridized carbons (Fsp3) is 0.524. The first-order valence-electron chi connectivity index (χ1n) is 10.3. The number of fused-ring (bicyclic) bond motifs is 1. The van der Waals surface area contributed by atoms with Gasteiger partial charge in [0.1, 0.15) is 5.82 Å². The molecule has 0 unspecified atom stereocenters. The molecule has 1 amide bonds. The second kappa shape index (κ2) is 8.73. The van der Waals surface area contributed by atoms with Crippen molar-refractivity contribution in [3.63, 3.8) is 0 Å². The van der Waals surface area contributed by atoms with Crippen molar-refractivity contribution in [2.45, 2.75) is 45.6 Å². The maximum absolute atomic E-state index is 13.2. The molecule has 8 heteroatoms. The van der Waals surface area contributed by atoms with Crippen molar-refractivity contribution in [1.29, 1.82) is 0 Å². The van der Waals surface area contributed by atoms with Gasteiger partial charge in [-0.1, -0.05) is 0 Å². The van der Waals surface area contributed by atoms with Gasteiger partial charge in [0.2, 0.25) is 5.88 Å². The smallest absolute Gasteiger partial charge is 0.257 e. The molecule has 2 aromatic heterocycles. The van der Waals surface area contributed by atoms with E-state index < -0.39 is 0 Å². The molecule has 1 atom stereocenters.